The molecule has 27 heavy (non-hydrogen) atoms. The molecule has 3 aromatic rings. The Morgan fingerprint density at radius 3 is 2.89 bits per heavy atom. The third kappa shape index (κ3) is 4.15. The molecule has 0 unspecified atom stereocenters. The summed E-state index contributed by atoms with van der Waals surface area (Å²) in [6, 6.07) is 7.34. The van der Waals surface area contributed by atoms with Gasteiger partial charge in [-0.1, -0.05) is 17.7 Å². The van der Waals surface area contributed by atoms with Gasteiger partial charge in [0.05, 0.1) is 16.8 Å². The predicted molar refractivity (Wildman–Crippen MR) is 107 cm³/mol. The first-order valence-corrected chi connectivity index (χ1v) is 10.0. The van der Waals surface area contributed by atoms with Gasteiger partial charge < -0.3 is 10.1 Å². The molecule has 1 aliphatic rings. The molecule has 1 N–H and O–H groups in total. The molecular formula is C19H20ClFN4OS. The van der Waals surface area contributed by atoms with E-state index in [0.717, 1.165) is 58.4 Å². The lowest BCUT2D eigenvalue weighted by molar-refractivity contribution is 0.211. The van der Waals surface area contributed by atoms with Crippen molar-refractivity contribution in [2.24, 2.45) is 0 Å². The zero-order chi connectivity index (χ0) is 18.8. The fraction of sp³-hybridized carbons (Fsp3) is 0.368. The van der Waals surface area contributed by atoms with Gasteiger partial charge in [0.1, 0.15) is 17.0 Å². The molecule has 0 atom stereocenters. The predicted octanol–water partition coefficient (Wildman–Crippen LogP) is 4.57. The summed E-state index contributed by atoms with van der Waals surface area (Å²) in [4.78, 5) is 11.9. The number of hydrogen-bond acceptors (Lipinski definition) is 6. The Hall–Kier alpha value is -1.96. The van der Waals surface area contributed by atoms with Crippen LogP contribution in [0.1, 0.15) is 18.4 Å². The molecule has 4 rings (SSSR count). The van der Waals surface area contributed by atoms with E-state index in [1.165, 1.54) is 24.5 Å². The molecule has 1 aromatic carbocycles. The minimum absolute atomic E-state index is 0.297. The lowest BCUT2D eigenvalue weighted by atomic mass is 10.0. The highest BCUT2D eigenvalue weighted by Gasteiger charge is 2.21. The standard InChI is InChI=1S/C19H20ClFN4OS/c1-26-16-8-12(2-3-15(16)21)10-25-6-4-13(5-7-25)24-18-14-9-17(20)27-19(14)23-11-22-18/h2-3,8-9,11,13H,4-7,10H2,1H3,(H,22,23,24). The molecular weight excluding hydrogens is 387 g/mol. The van der Waals surface area contributed by atoms with Crippen LogP contribution < -0.4 is 10.1 Å². The summed E-state index contributed by atoms with van der Waals surface area (Å²) in [6.07, 6.45) is 3.61. The molecule has 0 spiro atoms. The molecule has 142 valence electrons. The molecule has 0 amide bonds. The van der Waals surface area contributed by atoms with Gasteiger partial charge in [0.25, 0.3) is 0 Å². The van der Waals surface area contributed by atoms with Crippen molar-refractivity contribution in [2.75, 3.05) is 25.5 Å². The molecule has 5 nitrogen and oxygen atoms in total. The highest BCUT2D eigenvalue weighted by atomic mass is 35.5. The Labute approximate surface area is 166 Å². The summed E-state index contributed by atoms with van der Waals surface area (Å²) in [5.41, 5.74) is 1.06. The zero-order valence-corrected chi connectivity index (χ0v) is 16.5. The summed E-state index contributed by atoms with van der Waals surface area (Å²) < 4.78 is 19.3. The van der Waals surface area contributed by atoms with Crippen molar-refractivity contribution in [3.63, 3.8) is 0 Å². The number of benzene rings is 1. The highest BCUT2D eigenvalue weighted by Crippen LogP contribution is 2.32. The van der Waals surface area contributed by atoms with Crippen LogP contribution in [0.5, 0.6) is 5.75 Å². The van der Waals surface area contributed by atoms with Gasteiger partial charge in [0, 0.05) is 25.7 Å². The van der Waals surface area contributed by atoms with Crippen molar-refractivity contribution in [3.8, 4) is 5.75 Å². The summed E-state index contributed by atoms with van der Waals surface area (Å²) in [5.74, 6) is 0.824. The third-order valence-electron chi connectivity index (χ3n) is 4.85. The number of nitrogens with one attached hydrogen (secondary N) is 1. The minimum atomic E-state index is -0.325. The number of anilines is 1. The first-order valence-electron chi connectivity index (χ1n) is 8.83. The van der Waals surface area contributed by atoms with Gasteiger partial charge in [0.15, 0.2) is 11.6 Å². The Morgan fingerprint density at radius 1 is 1.30 bits per heavy atom. The largest absolute Gasteiger partial charge is 0.494 e. The number of ether oxygens (including phenoxy) is 1. The molecule has 2 aromatic heterocycles. The maximum atomic E-state index is 13.6. The van der Waals surface area contributed by atoms with Gasteiger partial charge in [0.2, 0.25) is 0 Å². The Balaban J connectivity index is 1.36. The first kappa shape index (κ1) is 18.4. The van der Waals surface area contributed by atoms with Crippen molar-refractivity contribution in [3.05, 3.63) is 46.3 Å². The van der Waals surface area contributed by atoms with E-state index < -0.39 is 0 Å². The molecule has 0 bridgehead atoms. The first-order chi connectivity index (χ1) is 13.1. The number of thiophene rings is 1. The van der Waals surface area contributed by atoms with E-state index in [1.54, 1.807) is 12.4 Å². The van der Waals surface area contributed by atoms with Crippen LogP contribution in [-0.4, -0.2) is 41.1 Å². The van der Waals surface area contributed by atoms with Gasteiger partial charge in [-0.25, -0.2) is 14.4 Å². The number of aromatic nitrogens is 2. The average molecular weight is 407 g/mol. The third-order valence-corrected chi connectivity index (χ3v) is 6.02. The van der Waals surface area contributed by atoms with Crippen molar-refractivity contribution >= 4 is 39.0 Å². The zero-order valence-electron chi connectivity index (χ0n) is 14.9. The minimum Gasteiger partial charge on any atom is -0.494 e. The Bertz CT molecular complexity index is 943. The van der Waals surface area contributed by atoms with E-state index in [4.69, 9.17) is 16.3 Å². The van der Waals surface area contributed by atoms with Crippen LogP contribution in [0.3, 0.4) is 0 Å². The van der Waals surface area contributed by atoms with Gasteiger partial charge in [-0.2, -0.15) is 0 Å². The number of fused-ring (bicyclic) bond motifs is 1. The Kier molecular flexibility index (Phi) is 5.43. The fourth-order valence-electron chi connectivity index (χ4n) is 3.43. The summed E-state index contributed by atoms with van der Waals surface area (Å²) in [7, 11) is 1.49. The number of rotatable bonds is 5. The van der Waals surface area contributed by atoms with Gasteiger partial charge in [-0.15, -0.1) is 11.3 Å². The average Bonchev–Trinajstić information content (AvgIpc) is 3.06. The van der Waals surface area contributed by atoms with E-state index in [-0.39, 0.29) is 5.82 Å². The number of nitrogens with zero attached hydrogens (tertiary/aromatic N) is 3. The number of likely N-dealkylation sites (tertiary alicyclic amines) is 1. The second-order valence-corrected chi connectivity index (χ2v) is 8.32. The lowest BCUT2D eigenvalue weighted by Gasteiger charge is -2.32. The van der Waals surface area contributed by atoms with Crippen molar-refractivity contribution in [1.29, 1.82) is 0 Å². The van der Waals surface area contributed by atoms with Gasteiger partial charge in [-0.3, -0.25) is 4.90 Å². The van der Waals surface area contributed by atoms with E-state index in [9.17, 15) is 4.39 Å². The van der Waals surface area contributed by atoms with Gasteiger partial charge >= 0.3 is 0 Å². The van der Waals surface area contributed by atoms with Crippen LogP contribution in [0.25, 0.3) is 10.2 Å². The van der Waals surface area contributed by atoms with E-state index in [1.807, 2.05) is 12.1 Å². The van der Waals surface area contributed by atoms with Crippen molar-refractivity contribution in [2.45, 2.75) is 25.4 Å². The van der Waals surface area contributed by atoms with E-state index in [0.29, 0.717) is 11.8 Å². The number of hydrogen-bond donors (Lipinski definition) is 1. The second-order valence-electron chi connectivity index (χ2n) is 6.66. The topological polar surface area (TPSA) is 50.3 Å². The molecule has 0 radical (unpaired) electrons. The molecule has 1 aliphatic heterocycles. The van der Waals surface area contributed by atoms with E-state index in [2.05, 4.69) is 20.2 Å². The summed E-state index contributed by atoms with van der Waals surface area (Å²) in [5, 5.41) is 4.53. The van der Waals surface area contributed by atoms with Crippen LogP contribution in [0.4, 0.5) is 10.2 Å². The molecule has 1 fully saturated rings. The van der Waals surface area contributed by atoms with Crippen LogP contribution in [0.15, 0.2) is 30.6 Å². The molecule has 1 saturated heterocycles. The highest BCUT2D eigenvalue weighted by molar-refractivity contribution is 7.22. The quantitative estimate of drug-likeness (QED) is 0.672. The van der Waals surface area contributed by atoms with Crippen molar-refractivity contribution in [1.82, 2.24) is 14.9 Å². The molecule has 0 aliphatic carbocycles. The summed E-state index contributed by atoms with van der Waals surface area (Å²) in [6.45, 7) is 2.73. The maximum absolute atomic E-state index is 13.6. The second kappa shape index (κ2) is 7.96. The lowest BCUT2D eigenvalue weighted by Crippen LogP contribution is -2.38. The fourth-order valence-corrected chi connectivity index (χ4v) is 4.49. The number of piperidine rings is 1. The smallest absolute Gasteiger partial charge is 0.165 e. The van der Waals surface area contributed by atoms with Crippen LogP contribution in [-0.2, 0) is 6.54 Å². The van der Waals surface area contributed by atoms with Crippen LogP contribution in [0.2, 0.25) is 4.34 Å². The van der Waals surface area contributed by atoms with Crippen LogP contribution in [0, 0.1) is 5.82 Å². The van der Waals surface area contributed by atoms with E-state index >= 15 is 0 Å². The molecule has 8 heteroatoms. The summed E-state index contributed by atoms with van der Waals surface area (Å²) >= 11 is 7.57. The monoisotopic (exact) mass is 406 g/mol. The van der Waals surface area contributed by atoms with Gasteiger partial charge in [-0.05, 0) is 36.6 Å². The number of halogens is 2. The van der Waals surface area contributed by atoms with Crippen molar-refractivity contribution < 1.29 is 9.13 Å². The van der Waals surface area contributed by atoms with Crippen LogP contribution >= 0.6 is 22.9 Å². The SMILES string of the molecule is COc1cc(CN2CCC(Nc3ncnc4sc(Cl)cc34)CC2)ccc1F. The normalized spacial score (nSPS) is 16.0. The maximum Gasteiger partial charge on any atom is 0.165 e. The molecule has 3 heterocycles. The molecule has 0 saturated carbocycles. The number of methoxy groups -OCH3 is 1. The Morgan fingerprint density at radius 2 is 2.11 bits per heavy atom.